The molecule has 8 nitrogen and oxygen atoms in total. The van der Waals surface area contributed by atoms with Crippen molar-refractivity contribution in [2.75, 3.05) is 27.2 Å². The number of carbonyl (C=O) groups excluding carboxylic acids is 1. The number of hydrogen-bond acceptors (Lipinski definition) is 5. The Morgan fingerprint density at radius 1 is 1.16 bits per heavy atom. The lowest BCUT2D eigenvalue weighted by atomic mass is 10.2. The zero-order valence-electron chi connectivity index (χ0n) is 19.2. The summed E-state index contributed by atoms with van der Waals surface area (Å²) in [5, 5.41) is 9.47. The van der Waals surface area contributed by atoms with Crippen molar-refractivity contribution >= 4 is 11.9 Å². The number of aryl methyl sites for hydroxylation is 1. The van der Waals surface area contributed by atoms with Crippen molar-refractivity contribution < 1.29 is 18.7 Å². The lowest BCUT2D eigenvalue weighted by molar-refractivity contribution is 0.0925. The highest BCUT2D eigenvalue weighted by atomic mass is 16.5. The highest BCUT2D eigenvalue weighted by Crippen LogP contribution is 2.30. The molecule has 0 spiro atoms. The van der Waals surface area contributed by atoms with Crippen molar-refractivity contribution in [1.82, 2.24) is 16.0 Å². The van der Waals surface area contributed by atoms with Crippen molar-refractivity contribution in [1.29, 1.82) is 0 Å². The minimum absolute atomic E-state index is 0.190. The van der Waals surface area contributed by atoms with Gasteiger partial charge in [-0.3, -0.25) is 9.79 Å². The number of hydrogen-bond donors (Lipinski definition) is 3. The molecule has 174 valence electrons. The Bertz CT molecular complexity index is 903. The van der Waals surface area contributed by atoms with E-state index in [1.165, 1.54) is 19.1 Å². The van der Waals surface area contributed by atoms with Crippen LogP contribution in [0.15, 0.2) is 39.9 Å². The first-order chi connectivity index (χ1) is 15.6. The largest absolute Gasteiger partial charge is 0.497 e. The lowest BCUT2D eigenvalue weighted by Crippen LogP contribution is -2.38. The molecule has 1 heterocycles. The Hall–Kier alpha value is -3.16. The third kappa shape index (κ3) is 6.67. The van der Waals surface area contributed by atoms with E-state index >= 15 is 0 Å². The van der Waals surface area contributed by atoms with Crippen LogP contribution in [0.3, 0.4) is 0 Å². The molecule has 0 atom stereocenters. The highest BCUT2D eigenvalue weighted by molar-refractivity contribution is 5.92. The molecule has 32 heavy (non-hydrogen) atoms. The molecular weight excluding hydrogens is 408 g/mol. The van der Waals surface area contributed by atoms with Crippen molar-refractivity contribution in [3.63, 3.8) is 0 Å². The van der Waals surface area contributed by atoms with Gasteiger partial charge in [0.15, 0.2) is 11.7 Å². The average Bonchev–Trinajstić information content (AvgIpc) is 3.47. The zero-order chi connectivity index (χ0) is 22.8. The van der Waals surface area contributed by atoms with Gasteiger partial charge in [0, 0.05) is 43.9 Å². The van der Waals surface area contributed by atoms with E-state index in [0.717, 1.165) is 41.9 Å². The van der Waals surface area contributed by atoms with Gasteiger partial charge < -0.3 is 29.8 Å². The fraction of sp³-hybridized carbons (Fsp3) is 0.500. The number of nitrogens with zero attached hydrogens (tertiary/aromatic N) is 1. The number of rotatable bonds is 10. The topological polar surface area (TPSA) is 97.1 Å². The maximum absolute atomic E-state index is 12.1. The van der Waals surface area contributed by atoms with Gasteiger partial charge in [-0.25, -0.2) is 0 Å². The molecule has 0 unspecified atom stereocenters. The summed E-state index contributed by atoms with van der Waals surface area (Å²) in [6.45, 7) is 3.65. The van der Waals surface area contributed by atoms with E-state index in [9.17, 15) is 4.79 Å². The molecule has 3 rings (SSSR count). The predicted molar refractivity (Wildman–Crippen MR) is 124 cm³/mol. The number of methoxy groups -OCH3 is 1. The molecule has 2 aromatic rings. The van der Waals surface area contributed by atoms with Gasteiger partial charge in [0.2, 0.25) is 0 Å². The Labute approximate surface area is 189 Å². The minimum Gasteiger partial charge on any atom is -0.497 e. The van der Waals surface area contributed by atoms with Crippen LogP contribution >= 0.6 is 0 Å². The van der Waals surface area contributed by atoms with E-state index in [1.54, 1.807) is 20.2 Å². The monoisotopic (exact) mass is 442 g/mol. The van der Waals surface area contributed by atoms with Crippen LogP contribution in [0, 0.1) is 6.92 Å². The van der Waals surface area contributed by atoms with E-state index in [4.69, 9.17) is 13.9 Å². The molecule has 1 aromatic heterocycles. The third-order valence-corrected chi connectivity index (χ3v) is 5.54. The van der Waals surface area contributed by atoms with Crippen LogP contribution in [0.2, 0.25) is 0 Å². The summed E-state index contributed by atoms with van der Waals surface area (Å²) < 4.78 is 16.8. The van der Waals surface area contributed by atoms with Crippen LogP contribution in [0.5, 0.6) is 11.5 Å². The molecular formula is C24H34N4O4. The first kappa shape index (κ1) is 23.5. The summed E-state index contributed by atoms with van der Waals surface area (Å²) in [7, 11) is 3.40. The number of amides is 1. The predicted octanol–water partition coefficient (Wildman–Crippen LogP) is 3.40. The van der Waals surface area contributed by atoms with Gasteiger partial charge >= 0.3 is 0 Å². The van der Waals surface area contributed by atoms with E-state index < -0.39 is 0 Å². The average molecular weight is 443 g/mol. The van der Waals surface area contributed by atoms with Crippen LogP contribution < -0.4 is 25.4 Å². The van der Waals surface area contributed by atoms with Crippen molar-refractivity contribution in [2.24, 2.45) is 4.99 Å². The lowest BCUT2D eigenvalue weighted by Gasteiger charge is -2.19. The molecule has 0 bridgehead atoms. The Morgan fingerprint density at radius 3 is 2.62 bits per heavy atom. The SMILES string of the molecule is CN=C(NCCCNC(=O)c1occc1C)NCc1ccc(OC)cc1OC1CCCC1. The van der Waals surface area contributed by atoms with E-state index in [1.807, 2.05) is 25.1 Å². The number of furan rings is 1. The Kier molecular flexibility index (Phi) is 8.83. The molecule has 0 radical (unpaired) electrons. The number of benzene rings is 1. The van der Waals surface area contributed by atoms with Crippen LogP contribution in [0.4, 0.5) is 0 Å². The van der Waals surface area contributed by atoms with Gasteiger partial charge in [-0.05, 0) is 57.2 Å². The zero-order valence-corrected chi connectivity index (χ0v) is 19.2. The summed E-state index contributed by atoms with van der Waals surface area (Å²) in [4.78, 5) is 16.3. The van der Waals surface area contributed by atoms with Crippen LogP contribution in [-0.2, 0) is 6.54 Å². The molecule has 3 N–H and O–H groups in total. The number of nitrogens with one attached hydrogen (secondary N) is 3. The molecule has 1 amide bonds. The maximum Gasteiger partial charge on any atom is 0.287 e. The second-order valence-corrected chi connectivity index (χ2v) is 7.89. The minimum atomic E-state index is -0.190. The maximum atomic E-state index is 12.1. The number of guanidine groups is 1. The molecule has 1 aliphatic rings. The molecule has 1 saturated carbocycles. The van der Waals surface area contributed by atoms with Crippen LogP contribution in [0.1, 0.15) is 53.8 Å². The van der Waals surface area contributed by atoms with Crippen molar-refractivity contribution in [3.05, 3.63) is 47.4 Å². The molecule has 1 fully saturated rings. The normalized spacial score (nSPS) is 14.3. The van der Waals surface area contributed by atoms with E-state index in [2.05, 4.69) is 20.9 Å². The Morgan fingerprint density at radius 2 is 1.94 bits per heavy atom. The number of carbonyl (C=O) groups is 1. The van der Waals surface area contributed by atoms with Crippen LogP contribution in [0.25, 0.3) is 0 Å². The van der Waals surface area contributed by atoms with Gasteiger partial charge in [0.1, 0.15) is 11.5 Å². The third-order valence-electron chi connectivity index (χ3n) is 5.54. The summed E-state index contributed by atoms with van der Waals surface area (Å²) in [5.74, 6) is 2.52. The van der Waals surface area contributed by atoms with Crippen molar-refractivity contribution in [3.8, 4) is 11.5 Å². The smallest absolute Gasteiger partial charge is 0.287 e. The van der Waals surface area contributed by atoms with Crippen LogP contribution in [-0.4, -0.2) is 45.2 Å². The summed E-state index contributed by atoms with van der Waals surface area (Å²) in [6, 6.07) is 7.70. The first-order valence-corrected chi connectivity index (χ1v) is 11.2. The fourth-order valence-corrected chi connectivity index (χ4v) is 3.69. The summed E-state index contributed by atoms with van der Waals surface area (Å²) >= 11 is 0. The molecule has 1 aliphatic carbocycles. The van der Waals surface area contributed by atoms with Gasteiger partial charge in [-0.15, -0.1) is 0 Å². The standard InChI is InChI=1S/C24H34N4O4/c1-17-11-14-31-22(17)23(29)26-12-6-13-27-24(25-2)28-16-18-9-10-20(30-3)15-21(18)32-19-7-4-5-8-19/h9-11,14-15,19H,4-8,12-13,16H2,1-3H3,(H,26,29)(H2,25,27,28). The summed E-state index contributed by atoms with van der Waals surface area (Å²) in [5.41, 5.74) is 1.89. The number of aliphatic imine (C=N–C) groups is 1. The van der Waals surface area contributed by atoms with Gasteiger partial charge in [-0.2, -0.15) is 0 Å². The number of ether oxygens (including phenoxy) is 2. The summed E-state index contributed by atoms with van der Waals surface area (Å²) in [6.07, 6.45) is 7.20. The van der Waals surface area contributed by atoms with E-state index in [-0.39, 0.29) is 12.0 Å². The first-order valence-electron chi connectivity index (χ1n) is 11.2. The second-order valence-electron chi connectivity index (χ2n) is 7.89. The van der Waals surface area contributed by atoms with Gasteiger partial charge in [-0.1, -0.05) is 0 Å². The Balaban J connectivity index is 1.43. The molecule has 1 aromatic carbocycles. The molecule has 0 saturated heterocycles. The van der Waals surface area contributed by atoms with Crippen molar-refractivity contribution in [2.45, 2.75) is 51.7 Å². The highest BCUT2D eigenvalue weighted by Gasteiger charge is 2.18. The fourth-order valence-electron chi connectivity index (χ4n) is 3.69. The molecule has 0 aliphatic heterocycles. The quantitative estimate of drug-likeness (QED) is 0.296. The molecule has 8 heteroatoms. The second kappa shape index (κ2) is 12.0. The van der Waals surface area contributed by atoms with Gasteiger partial charge in [0.05, 0.1) is 19.5 Å². The van der Waals surface area contributed by atoms with E-state index in [0.29, 0.717) is 31.4 Å². The van der Waals surface area contributed by atoms with Gasteiger partial charge in [0.25, 0.3) is 5.91 Å².